The van der Waals surface area contributed by atoms with Crippen molar-refractivity contribution in [2.45, 2.75) is 19.3 Å². The summed E-state index contributed by atoms with van der Waals surface area (Å²) in [5.74, 6) is -0.844. The van der Waals surface area contributed by atoms with Crippen molar-refractivity contribution >= 4 is 52.4 Å². The number of likely N-dealkylation sites (tertiary alicyclic amines) is 1. The highest BCUT2D eigenvalue weighted by Crippen LogP contribution is 2.32. The second kappa shape index (κ2) is 10.8. The lowest BCUT2D eigenvalue weighted by molar-refractivity contribution is 0.102. The molecule has 8 nitrogen and oxygen atoms in total. The quantitative estimate of drug-likeness (QED) is 0.207. The molecule has 0 unspecified atom stereocenters. The van der Waals surface area contributed by atoms with Crippen LogP contribution in [0.25, 0.3) is 0 Å². The Hall–Kier alpha value is -3.62. The van der Waals surface area contributed by atoms with Gasteiger partial charge in [0.25, 0.3) is 11.8 Å². The fraction of sp³-hybridized carbons (Fsp3) is 0.200. The summed E-state index contributed by atoms with van der Waals surface area (Å²) in [4.78, 5) is 31.9. The van der Waals surface area contributed by atoms with Crippen LogP contribution in [0.2, 0.25) is 10.0 Å². The first kappa shape index (κ1) is 24.5. The average molecular weight is 512 g/mol. The van der Waals surface area contributed by atoms with Crippen molar-refractivity contribution in [3.8, 4) is 5.75 Å². The molecule has 2 heterocycles. The minimum atomic E-state index is -0.627. The first-order valence-corrected chi connectivity index (χ1v) is 11.8. The number of nitrogens with zero attached hydrogens (tertiary/aromatic N) is 2. The van der Waals surface area contributed by atoms with Gasteiger partial charge in [0.2, 0.25) is 0 Å². The fourth-order valence-electron chi connectivity index (χ4n) is 3.80. The normalized spacial score (nSPS) is 13.3. The van der Waals surface area contributed by atoms with Crippen LogP contribution in [0.4, 0.5) is 11.5 Å². The third-order valence-corrected chi connectivity index (χ3v) is 6.07. The van der Waals surface area contributed by atoms with E-state index in [-0.39, 0.29) is 27.8 Å². The topological polar surface area (TPSA) is 118 Å². The number of benzene rings is 2. The van der Waals surface area contributed by atoms with Crippen LogP contribution in [0.1, 0.15) is 45.5 Å². The number of anilines is 2. The Kier molecular flexibility index (Phi) is 7.53. The number of aromatic hydroxyl groups is 1. The maximum Gasteiger partial charge on any atom is 0.259 e. The number of nitrogens with one attached hydrogen (secondary N) is 3. The molecule has 4 N–H and O–H groups in total. The summed E-state index contributed by atoms with van der Waals surface area (Å²) in [5, 5.41) is 24.6. The molecule has 2 amide bonds. The van der Waals surface area contributed by atoms with Crippen LogP contribution in [-0.4, -0.2) is 45.7 Å². The molecule has 10 heteroatoms. The number of hydrogen-bond donors (Lipinski definition) is 4. The van der Waals surface area contributed by atoms with Crippen molar-refractivity contribution in [2.24, 2.45) is 0 Å². The molecule has 0 bridgehead atoms. The zero-order valence-electron chi connectivity index (χ0n) is 18.6. The van der Waals surface area contributed by atoms with Gasteiger partial charge in [0.15, 0.2) is 0 Å². The summed E-state index contributed by atoms with van der Waals surface area (Å²) in [6, 6.07) is 12.3. The molecule has 0 spiro atoms. The summed E-state index contributed by atoms with van der Waals surface area (Å²) in [5.41, 5.74) is 0.896. The largest absolute Gasteiger partial charge is 0.506 e. The van der Waals surface area contributed by atoms with E-state index in [9.17, 15) is 14.7 Å². The first-order chi connectivity index (χ1) is 16.8. The Morgan fingerprint density at radius 1 is 0.886 bits per heavy atom. The summed E-state index contributed by atoms with van der Waals surface area (Å²) in [6.45, 7) is 1.71. The van der Waals surface area contributed by atoms with Crippen LogP contribution in [-0.2, 0) is 0 Å². The van der Waals surface area contributed by atoms with E-state index in [1.807, 2.05) is 4.90 Å². The van der Waals surface area contributed by atoms with Crippen LogP contribution in [0.3, 0.4) is 0 Å². The number of rotatable bonds is 5. The number of carbonyl (C=O) groups is 2. The Morgan fingerprint density at radius 2 is 1.57 bits per heavy atom. The summed E-state index contributed by atoms with van der Waals surface area (Å²) >= 11 is 11.9. The van der Waals surface area contributed by atoms with E-state index >= 15 is 0 Å². The molecule has 0 saturated carbocycles. The molecule has 1 aromatic heterocycles. The molecule has 4 rings (SSSR count). The maximum atomic E-state index is 12.9. The fourth-order valence-corrected chi connectivity index (χ4v) is 4.13. The number of piperidine rings is 1. The van der Waals surface area contributed by atoms with E-state index in [0.29, 0.717) is 22.0 Å². The van der Waals surface area contributed by atoms with Gasteiger partial charge in [-0.15, -0.1) is 0 Å². The van der Waals surface area contributed by atoms with Gasteiger partial charge < -0.3 is 20.6 Å². The maximum absolute atomic E-state index is 12.9. The van der Waals surface area contributed by atoms with Gasteiger partial charge in [-0.3, -0.25) is 15.0 Å². The van der Waals surface area contributed by atoms with Gasteiger partial charge in [0.1, 0.15) is 17.4 Å². The van der Waals surface area contributed by atoms with Crippen molar-refractivity contribution in [2.75, 3.05) is 23.7 Å². The Balaban J connectivity index is 1.52. The number of phenols is 1. The highest BCUT2D eigenvalue weighted by atomic mass is 35.5. The van der Waals surface area contributed by atoms with Crippen molar-refractivity contribution in [3.05, 3.63) is 81.5 Å². The highest BCUT2D eigenvalue weighted by Gasteiger charge is 2.21. The third kappa shape index (κ3) is 5.90. The average Bonchev–Trinajstić information content (AvgIpc) is 2.87. The number of phenolic OH excluding ortho intramolecular Hbond substituents is 1. The van der Waals surface area contributed by atoms with Crippen LogP contribution >= 0.6 is 23.2 Å². The van der Waals surface area contributed by atoms with Crippen LogP contribution in [0, 0.1) is 5.41 Å². The molecule has 1 saturated heterocycles. The molecule has 3 aromatic rings. The molecule has 1 aliphatic rings. The van der Waals surface area contributed by atoms with Crippen molar-refractivity contribution in [1.29, 1.82) is 5.41 Å². The van der Waals surface area contributed by atoms with Gasteiger partial charge in [-0.1, -0.05) is 35.3 Å². The van der Waals surface area contributed by atoms with E-state index in [0.717, 1.165) is 25.9 Å². The van der Waals surface area contributed by atoms with Gasteiger partial charge in [-0.05, 0) is 49.6 Å². The highest BCUT2D eigenvalue weighted by molar-refractivity contribution is 6.32. The Labute approximate surface area is 212 Å². The molecular formula is C25H23Cl2N5O3. The molecular weight excluding hydrogens is 489 g/mol. The minimum absolute atomic E-state index is 0.0383. The van der Waals surface area contributed by atoms with E-state index in [4.69, 9.17) is 28.6 Å². The smallest absolute Gasteiger partial charge is 0.259 e. The molecule has 2 aromatic carbocycles. The number of hydrogen-bond acceptors (Lipinski definition) is 5. The van der Waals surface area contributed by atoms with Gasteiger partial charge >= 0.3 is 0 Å². The van der Waals surface area contributed by atoms with Crippen molar-refractivity contribution < 1.29 is 14.7 Å². The number of pyridine rings is 1. The second-order valence-electron chi connectivity index (χ2n) is 8.09. The number of aromatic nitrogens is 1. The molecule has 1 fully saturated rings. The monoisotopic (exact) mass is 511 g/mol. The van der Waals surface area contributed by atoms with Crippen molar-refractivity contribution in [1.82, 2.24) is 9.88 Å². The van der Waals surface area contributed by atoms with Gasteiger partial charge in [-0.2, -0.15) is 0 Å². The molecule has 0 radical (unpaired) electrons. The number of amidine groups is 1. The number of amides is 2. The van der Waals surface area contributed by atoms with Crippen LogP contribution < -0.4 is 10.6 Å². The molecule has 0 atom stereocenters. The zero-order chi connectivity index (χ0) is 24.9. The molecule has 180 valence electrons. The van der Waals surface area contributed by atoms with Crippen LogP contribution in [0.15, 0.2) is 54.7 Å². The summed E-state index contributed by atoms with van der Waals surface area (Å²) in [7, 11) is 0. The predicted molar refractivity (Wildman–Crippen MR) is 137 cm³/mol. The third-order valence-electron chi connectivity index (χ3n) is 5.63. The number of halogens is 2. The molecule has 1 aliphatic heterocycles. The molecule has 0 aliphatic carbocycles. The SMILES string of the molecule is N=C(c1ccc(C(=O)Nc2c(O)cc(Cl)cc2C(=O)Nc2ccc(Cl)cn2)cc1)N1CCCCC1. The molecule has 35 heavy (non-hydrogen) atoms. The first-order valence-electron chi connectivity index (χ1n) is 11.0. The standard InChI is InChI=1S/C25H23Cl2N5O3/c26-17-8-9-21(29-14-17)30-25(35)19-12-18(27)13-20(33)22(19)31-24(34)16-6-4-15(5-7-16)23(28)32-10-2-1-3-11-32/h4-9,12-14,28,33H,1-3,10-11H2,(H,31,34)(H,29,30,35). The Morgan fingerprint density at radius 3 is 2.23 bits per heavy atom. The summed E-state index contributed by atoms with van der Waals surface area (Å²) < 4.78 is 0. The zero-order valence-corrected chi connectivity index (χ0v) is 20.2. The lowest BCUT2D eigenvalue weighted by atomic mass is 10.1. The van der Waals surface area contributed by atoms with Gasteiger partial charge in [0, 0.05) is 41.5 Å². The lowest BCUT2D eigenvalue weighted by Crippen LogP contribution is -2.35. The predicted octanol–water partition coefficient (Wildman–Crippen LogP) is 5.41. The van der Waals surface area contributed by atoms with Gasteiger partial charge in [-0.25, -0.2) is 4.98 Å². The van der Waals surface area contributed by atoms with Gasteiger partial charge in [0.05, 0.1) is 16.3 Å². The Bertz CT molecular complexity index is 1260. The van der Waals surface area contributed by atoms with E-state index < -0.39 is 11.8 Å². The lowest BCUT2D eigenvalue weighted by Gasteiger charge is -2.29. The van der Waals surface area contributed by atoms with Crippen molar-refractivity contribution in [3.63, 3.8) is 0 Å². The second-order valence-corrected chi connectivity index (χ2v) is 8.96. The summed E-state index contributed by atoms with van der Waals surface area (Å²) in [6.07, 6.45) is 4.69. The van der Waals surface area contributed by atoms with E-state index in [2.05, 4.69) is 15.6 Å². The van der Waals surface area contributed by atoms with Crippen LogP contribution in [0.5, 0.6) is 5.75 Å². The van der Waals surface area contributed by atoms with E-state index in [1.54, 1.807) is 30.3 Å². The van der Waals surface area contributed by atoms with E-state index in [1.165, 1.54) is 30.8 Å². The minimum Gasteiger partial charge on any atom is -0.506 e. The number of carbonyl (C=O) groups excluding carboxylic acids is 2.